The summed E-state index contributed by atoms with van der Waals surface area (Å²) in [6, 6.07) is 23.8. The summed E-state index contributed by atoms with van der Waals surface area (Å²) in [4.78, 5) is 51.6. The second kappa shape index (κ2) is 30.3. The third-order valence-electron chi connectivity index (χ3n) is 21.8. The van der Waals surface area contributed by atoms with Gasteiger partial charge in [-0.2, -0.15) is 39.5 Å². The Labute approximate surface area is 594 Å². The molecule has 3 fully saturated rings. The average Bonchev–Trinajstić information content (AvgIpc) is 1.42. The number of hydrogen-bond acceptors (Lipinski definition) is 12. The Bertz CT molecular complexity index is 3780. The molecule has 12 rings (SSSR count). The first-order valence-electron chi connectivity index (χ1n) is 35.1. The number of carbonyl (C=O) groups is 3. The number of amides is 3. The maximum atomic E-state index is 13.6. The number of aromatic nitrogens is 3. The summed E-state index contributed by atoms with van der Waals surface area (Å²) < 4.78 is 160. The van der Waals surface area contributed by atoms with Crippen molar-refractivity contribution in [2.45, 2.75) is 179 Å². The maximum absolute atomic E-state index is 13.6. The summed E-state index contributed by atoms with van der Waals surface area (Å²) in [5, 5.41) is 0. The van der Waals surface area contributed by atoms with Gasteiger partial charge in [-0.25, -0.2) is 0 Å². The van der Waals surface area contributed by atoms with Crippen LogP contribution in [0.5, 0.6) is 34.5 Å². The molecular weight excluding hydrogens is 1340 g/mol. The van der Waals surface area contributed by atoms with Crippen molar-refractivity contribution in [3.8, 4) is 34.5 Å². The van der Waals surface area contributed by atoms with Gasteiger partial charge in [0.2, 0.25) is 0 Å². The smallest absolute Gasteiger partial charge is 0.431 e. The Morgan fingerprint density at radius 1 is 0.431 bits per heavy atom. The molecule has 3 spiro atoms. The highest BCUT2D eigenvalue weighted by atomic mass is 19.4. The Hall–Kier alpha value is -8.04. The van der Waals surface area contributed by atoms with Crippen LogP contribution in [-0.4, -0.2) is 180 Å². The Morgan fingerprint density at radius 3 is 1.04 bits per heavy atom. The van der Waals surface area contributed by atoms with Crippen molar-refractivity contribution in [2.24, 2.45) is 0 Å². The molecule has 9 heterocycles. The summed E-state index contributed by atoms with van der Waals surface area (Å²) in [6.07, 6.45) is -8.02. The number of piperidine rings is 3. The van der Waals surface area contributed by atoms with Gasteiger partial charge < -0.3 is 56.8 Å². The molecule has 0 aliphatic carbocycles. The lowest BCUT2D eigenvalue weighted by Gasteiger charge is -2.53. The molecule has 102 heavy (non-hydrogen) atoms. The Morgan fingerprint density at radius 2 is 0.735 bits per heavy atom. The molecule has 0 saturated carbocycles. The van der Waals surface area contributed by atoms with Gasteiger partial charge in [-0.05, 0) is 198 Å². The van der Waals surface area contributed by atoms with Gasteiger partial charge in [0.05, 0.1) is 56.3 Å². The SMILES string of the molecule is CC[C@@H](C)Oc1ccc(C(=O)N2CCC3(CC2)c2ccc(C(F)(F)F)n2CCN3C)cc1OC.CC[C@H](C)Oc1ccc(C(=O)N2CCC3(CC2)c2ccc(C(F)(F)F)n2CCN3C)cc1OC.COc1cc(C(=O)N2CCC3(CC2)c2ccc(C(F)(F)F)n2CC(C)N3C)ccc1OC(C)C.[HH].[HH]. The Balaban J connectivity index is 0.000000196. The molecule has 1 unspecified atom stereocenters. The number of nitrogens with zero attached hydrogens (tertiary/aromatic N) is 9. The molecule has 3 saturated heterocycles. The highest BCUT2D eigenvalue weighted by molar-refractivity contribution is 5.96. The highest BCUT2D eigenvalue weighted by Crippen LogP contribution is 2.49. The molecule has 3 amide bonds. The van der Waals surface area contributed by atoms with Gasteiger partial charge >= 0.3 is 18.5 Å². The van der Waals surface area contributed by atoms with Crippen molar-refractivity contribution in [2.75, 3.05) is 94.8 Å². The fourth-order valence-corrected chi connectivity index (χ4v) is 15.6. The molecule has 3 aromatic carbocycles. The first-order valence-corrected chi connectivity index (χ1v) is 35.1. The summed E-state index contributed by atoms with van der Waals surface area (Å²) in [6.45, 7) is 18.5. The number of likely N-dealkylation sites (N-methyl/N-ethyl adjacent to an activating group) is 3. The van der Waals surface area contributed by atoms with Crippen LogP contribution in [0, 0.1) is 0 Å². The van der Waals surface area contributed by atoms with Gasteiger partial charge in [0.1, 0.15) is 17.1 Å². The van der Waals surface area contributed by atoms with E-state index in [0.29, 0.717) is 179 Å². The van der Waals surface area contributed by atoms with E-state index in [0.717, 1.165) is 12.8 Å². The molecule has 0 bridgehead atoms. The molecule has 0 N–H and O–H groups in total. The van der Waals surface area contributed by atoms with E-state index in [4.69, 9.17) is 28.4 Å². The zero-order valence-electron chi connectivity index (χ0n) is 60.5. The van der Waals surface area contributed by atoms with E-state index in [1.165, 1.54) is 39.0 Å². The molecule has 6 aromatic rings. The second-order valence-corrected chi connectivity index (χ2v) is 27.9. The van der Waals surface area contributed by atoms with Gasteiger partial charge in [-0.3, -0.25) is 29.1 Å². The normalized spacial score (nSPS) is 19.6. The fourth-order valence-electron chi connectivity index (χ4n) is 15.6. The van der Waals surface area contributed by atoms with Crippen LogP contribution < -0.4 is 28.4 Å². The van der Waals surface area contributed by atoms with Crippen LogP contribution in [0.25, 0.3) is 0 Å². The van der Waals surface area contributed by atoms with Crippen LogP contribution in [0.4, 0.5) is 39.5 Å². The lowest BCUT2D eigenvalue weighted by Crippen LogP contribution is -2.59. The number of fused-ring (bicyclic) bond motifs is 6. The molecular formula is C75H100F9N9O9. The second-order valence-electron chi connectivity index (χ2n) is 27.9. The van der Waals surface area contributed by atoms with Gasteiger partial charge in [-0.1, -0.05) is 13.8 Å². The molecule has 18 nitrogen and oxygen atoms in total. The van der Waals surface area contributed by atoms with Gasteiger partial charge in [-0.15, -0.1) is 0 Å². The number of benzene rings is 3. The van der Waals surface area contributed by atoms with E-state index in [-0.39, 0.29) is 44.9 Å². The number of rotatable bonds is 14. The lowest BCUT2D eigenvalue weighted by atomic mass is 9.80. The predicted molar refractivity (Wildman–Crippen MR) is 371 cm³/mol. The molecule has 3 atom stereocenters. The van der Waals surface area contributed by atoms with Crippen molar-refractivity contribution >= 4 is 17.7 Å². The number of ether oxygens (including phenoxy) is 6. The topological polar surface area (TPSA) is 141 Å². The van der Waals surface area contributed by atoms with E-state index >= 15 is 0 Å². The first kappa shape index (κ1) is 76.6. The van der Waals surface area contributed by atoms with Crippen LogP contribution in [0.3, 0.4) is 0 Å². The van der Waals surface area contributed by atoms with Crippen molar-refractivity contribution in [1.82, 2.24) is 43.1 Å². The molecule has 3 aromatic heterocycles. The molecule has 6 aliphatic rings. The molecule has 6 aliphatic heterocycles. The van der Waals surface area contributed by atoms with Crippen molar-refractivity contribution in [1.29, 1.82) is 0 Å². The maximum Gasteiger partial charge on any atom is 0.431 e. The molecule has 0 radical (unpaired) electrons. The monoisotopic (exact) mass is 1440 g/mol. The van der Waals surface area contributed by atoms with Crippen molar-refractivity contribution in [3.05, 3.63) is 142 Å². The van der Waals surface area contributed by atoms with Gasteiger partial charge in [0.25, 0.3) is 17.7 Å². The van der Waals surface area contributed by atoms with Crippen LogP contribution in [0.15, 0.2) is 91.0 Å². The van der Waals surface area contributed by atoms with E-state index in [2.05, 4.69) is 14.7 Å². The zero-order valence-corrected chi connectivity index (χ0v) is 60.5. The third kappa shape index (κ3) is 15.2. The zero-order chi connectivity index (χ0) is 74.2. The largest absolute Gasteiger partial charge is 0.493 e. The van der Waals surface area contributed by atoms with E-state index in [1.807, 2.05) is 69.6 Å². The van der Waals surface area contributed by atoms with E-state index < -0.39 is 52.2 Å². The van der Waals surface area contributed by atoms with Crippen LogP contribution in [-0.2, 0) is 54.8 Å². The molecule has 562 valence electrons. The van der Waals surface area contributed by atoms with Gasteiger partial charge in [0.15, 0.2) is 34.5 Å². The first-order chi connectivity index (χ1) is 48.2. The average molecular weight is 1440 g/mol. The highest BCUT2D eigenvalue weighted by Gasteiger charge is 2.52. The predicted octanol–water partition coefficient (Wildman–Crippen LogP) is 14.8. The minimum Gasteiger partial charge on any atom is -0.493 e. The quantitative estimate of drug-likeness (QED) is 0.0959. The number of carbonyl (C=O) groups excluding carboxylic acids is 3. The van der Waals surface area contributed by atoms with Crippen LogP contribution in [0.2, 0.25) is 0 Å². The summed E-state index contributed by atoms with van der Waals surface area (Å²) in [7, 11) is 10.5. The van der Waals surface area contributed by atoms with Crippen molar-refractivity contribution < 1.29 is 85.2 Å². The Kier molecular flexibility index (Phi) is 22.8. The number of alkyl halides is 9. The van der Waals surface area contributed by atoms with E-state index in [1.54, 1.807) is 102 Å². The summed E-state index contributed by atoms with van der Waals surface area (Å²) in [5.74, 6) is 2.90. The van der Waals surface area contributed by atoms with Crippen LogP contribution >= 0.6 is 0 Å². The van der Waals surface area contributed by atoms with E-state index in [9.17, 15) is 53.9 Å². The standard InChI is InChI=1S/3C25H32F3N3O3.2H2/c1-16(2)34-19-7-6-18(14-20(19)33-5)23(32)30-12-10-24(11-13-30)21-8-9-22(25(26,27)28)31(21)15-17(3)29(24)4;2*1-5-17(2)34-19-7-6-18(16-20(19)33-4)23(32)30-12-10-24(11-13-30)21-8-9-22(25(26,27)28)31(21)15-14-29(24)3;;/h6-9,14,16-17H,10-13,15H2,1-5H3;2*6-9,16-17H,5,10-15H2,1-4H3;2*1H/t;2*17-;;/m.10../s1. The number of methoxy groups -OCH3 is 3. The van der Waals surface area contributed by atoms with Gasteiger partial charge in [0, 0.05) is 115 Å². The molecule has 27 heteroatoms. The number of halogens is 9. The number of likely N-dealkylation sites (tertiary alicyclic amines) is 3. The fraction of sp³-hybridized carbons (Fsp3) is 0.560. The summed E-state index contributed by atoms with van der Waals surface area (Å²) in [5.41, 5.74) is 0.216. The minimum atomic E-state index is -4.39. The third-order valence-corrected chi connectivity index (χ3v) is 21.8. The number of hydrogen-bond donors (Lipinski definition) is 0. The summed E-state index contributed by atoms with van der Waals surface area (Å²) >= 11 is 0. The lowest BCUT2D eigenvalue weighted by molar-refractivity contribution is -0.146. The minimum absolute atomic E-state index is 0. The van der Waals surface area contributed by atoms with Crippen molar-refractivity contribution in [3.63, 3.8) is 0 Å². The van der Waals surface area contributed by atoms with Crippen LogP contribution in [0.1, 0.15) is 168 Å².